The van der Waals surface area contributed by atoms with Crippen LogP contribution < -0.4 is 11.3 Å². The van der Waals surface area contributed by atoms with Crippen LogP contribution in [0.5, 0.6) is 0 Å². The minimum atomic E-state index is -1.97. The predicted octanol–water partition coefficient (Wildman–Crippen LogP) is -1.69. The molecule has 122 valence electrons. The smallest absolute Gasteiger partial charge is 0.261 e. The van der Waals surface area contributed by atoms with Crippen LogP contribution in [-0.2, 0) is 4.74 Å². The zero-order valence-electron chi connectivity index (χ0n) is 12.2. The van der Waals surface area contributed by atoms with Crippen molar-refractivity contribution in [3.05, 3.63) is 22.6 Å². The van der Waals surface area contributed by atoms with Gasteiger partial charge in [-0.2, -0.15) is 4.98 Å². The van der Waals surface area contributed by atoms with E-state index < -0.39 is 36.2 Å². The largest absolute Gasteiger partial charge is 0.394 e. The minimum absolute atomic E-state index is 0.0928. The maximum Gasteiger partial charge on any atom is 0.261 e. The minimum Gasteiger partial charge on any atom is -0.394 e. The van der Waals surface area contributed by atoms with Crippen LogP contribution in [-0.4, -0.2) is 54.3 Å². The summed E-state index contributed by atoms with van der Waals surface area (Å²) in [6.07, 6.45) is -2.14. The number of ether oxygens (including phenoxy) is 1. The number of hydrogen-bond donors (Lipinski definition) is 5. The summed E-state index contributed by atoms with van der Waals surface area (Å²) >= 11 is 0. The number of nitrogen functional groups attached to an aromatic ring is 1. The van der Waals surface area contributed by atoms with Gasteiger partial charge in [-0.3, -0.25) is 9.78 Å². The standard InChI is InChI=1S/C14H16N4O5/c1-2-4-14(22)9(20)8(6-19)23-12(14)18-5-3-7-10(18)16-13(15)17-11(7)21/h3,5,8-9,12,19-20,22H,6H2,1H3,(H3,15,16,17,21)/t8-,9+,12-,14?/m1/s1. The van der Waals surface area contributed by atoms with E-state index >= 15 is 0 Å². The van der Waals surface area contributed by atoms with E-state index in [2.05, 4.69) is 21.8 Å². The fraction of sp³-hybridized carbons (Fsp3) is 0.429. The van der Waals surface area contributed by atoms with E-state index in [1.165, 1.54) is 23.8 Å². The number of aliphatic hydroxyl groups is 3. The van der Waals surface area contributed by atoms with Crippen molar-refractivity contribution in [3.8, 4) is 11.8 Å². The van der Waals surface area contributed by atoms with Gasteiger partial charge < -0.3 is 30.4 Å². The molecule has 2 aromatic rings. The zero-order chi connectivity index (χ0) is 16.8. The molecule has 1 aliphatic rings. The molecule has 6 N–H and O–H groups in total. The van der Waals surface area contributed by atoms with Crippen molar-refractivity contribution in [1.29, 1.82) is 0 Å². The van der Waals surface area contributed by atoms with Gasteiger partial charge in [-0.05, 0) is 13.0 Å². The van der Waals surface area contributed by atoms with Crippen LogP contribution >= 0.6 is 0 Å². The lowest BCUT2D eigenvalue weighted by atomic mass is 9.94. The lowest BCUT2D eigenvalue weighted by Crippen LogP contribution is -2.45. The normalized spacial score (nSPS) is 30.3. The predicted molar refractivity (Wildman–Crippen MR) is 80.2 cm³/mol. The van der Waals surface area contributed by atoms with Crippen molar-refractivity contribution in [3.63, 3.8) is 0 Å². The molecule has 1 fully saturated rings. The average Bonchev–Trinajstić information content (AvgIpc) is 3.01. The summed E-state index contributed by atoms with van der Waals surface area (Å²) in [5, 5.41) is 30.5. The van der Waals surface area contributed by atoms with Gasteiger partial charge in [0.15, 0.2) is 17.5 Å². The number of fused-ring (bicyclic) bond motifs is 1. The number of H-pyrrole nitrogens is 1. The van der Waals surface area contributed by atoms with E-state index in [9.17, 15) is 20.1 Å². The number of nitrogens with two attached hydrogens (primary N) is 1. The monoisotopic (exact) mass is 320 g/mol. The second kappa shape index (κ2) is 5.36. The van der Waals surface area contributed by atoms with Gasteiger partial charge in [0, 0.05) is 6.20 Å². The lowest BCUT2D eigenvalue weighted by Gasteiger charge is -2.26. The molecular formula is C14H16N4O5. The van der Waals surface area contributed by atoms with Gasteiger partial charge >= 0.3 is 0 Å². The van der Waals surface area contributed by atoms with Crippen LogP contribution in [0.3, 0.4) is 0 Å². The van der Waals surface area contributed by atoms with Crippen LogP contribution in [0.1, 0.15) is 13.2 Å². The van der Waals surface area contributed by atoms with E-state index in [4.69, 9.17) is 10.5 Å². The number of aromatic nitrogens is 3. The summed E-state index contributed by atoms with van der Waals surface area (Å²) in [5.74, 6) is 4.97. The molecule has 0 aromatic carbocycles. The SMILES string of the molecule is CC#CC1(O)[C@@H](O)[C@@H](CO)O[C@H]1n1ccc2c(=O)[nH]c(N)nc21. The van der Waals surface area contributed by atoms with E-state index in [-0.39, 0.29) is 17.0 Å². The van der Waals surface area contributed by atoms with Crippen LogP contribution in [0.25, 0.3) is 11.0 Å². The molecule has 0 bridgehead atoms. The molecular weight excluding hydrogens is 304 g/mol. The van der Waals surface area contributed by atoms with Gasteiger partial charge in [-0.1, -0.05) is 5.92 Å². The molecule has 2 aromatic heterocycles. The summed E-state index contributed by atoms with van der Waals surface area (Å²) in [6, 6.07) is 1.49. The van der Waals surface area contributed by atoms with Gasteiger partial charge in [-0.15, -0.1) is 5.92 Å². The molecule has 4 atom stereocenters. The van der Waals surface area contributed by atoms with E-state index in [1.54, 1.807) is 0 Å². The Kier molecular flexibility index (Phi) is 3.62. The van der Waals surface area contributed by atoms with Gasteiger partial charge in [-0.25, -0.2) is 0 Å². The van der Waals surface area contributed by atoms with Gasteiger partial charge in [0.2, 0.25) is 5.95 Å². The van der Waals surface area contributed by atoms with E-state index in [0.717, 1.165) is 0 Å². The zero-order valence-corrected chi connectivity index (χ0v) is 12.2. The summed E-state index contributed by atoms with van der Waals surface area (Å²) in [6.45, 7) is 1.00. The number of aliphatic hydroxyl groups excluding tert-OH is 2. The fourth-order valence-corrected chi connectivity index (χ4v) is 2.78. The first kappa shape index (κ1) is 15.5. The first-order chi connectivity index (χ1) is 10.9. The Balaban J connectivity index is 2.20. The van der Waals surface area contributed by atoms with Gasteiger partial charge in [0.1, 0.15) is 12.2 Å². The van der Waals surface area contributed by atoms with Crippen molar-refractivity contribution >= 4 is 17.0 Å². The summed E-state index contributed by atoms with van der Waals surface area (Å²) in [4.78, 5) is 18.3. The maximum absolute atomic E-state index is 11.9. The second-order valence-electron chi connectivity index (χ2n) is 5.27. The van der Waals surface area contributed by atoms with Crippen molar-refractivity contribution in [2.45, 2.75) is 31.0 Å². The molecule has 1 unspecified atom stereocenters. The quantitative estimate of drug-likeness (QED) is 0.415. The molecule has 23 heavy (non-hydrogen) atoms. The average molecular weight is 320 g/mol. The summed E-state index contributed by atoms with van der Waals surface area (Å²) in [7, 11) is 0. The van der Waals surface area contributed by atoms with Crippen LogP contribution in [0.4, 0.5) is 5.95 Å². The number of anilines is 1. The second-order valence-corrected chi connectivity index (χ2v) is 5.27. The van der Waals surface area contributed by atoms with Crippen molar-refractivity contribution < 1.29 is 20.1 Å². The molecule has 9 nitrogen and oxygen atoms in total. The maximum atomic E-state index is 11.9. The highest BCUT2D eigenvalue weighted by atomic mass is 16.6. The molecule has 3 heterocycles. The number of nitrogens with one attached hydrogen (secondary N) is 1. The lowest BCUT2D eigenvalue weighted by molar-refractivity contribution is -0.0719. The third kappa shape index (κ3) is 2.20. The number of rotatable bonds is 2. The highest BCUT2D eigenvalue weighted by molar-refractivity contribution is 5.76. The molecule has 0 spiro atoms. The molecule has 0 amide bonds. The van der Waals surface area contributed by atoms with E-state index in [0.29, 0.717) is 0 Å². The highest BCUT2D eigenvalue weighted by Gasteiger charge is 2.55. The highest BCUT2D eigenvalue weighted by Crippen LogP contribution is 2.39. The van der Waals surface area contributed by atoms with Gasteiger partial charge in [0.05, 0.1) is 12.0 Å². The molecule has 9 heteroatoms. The Labute approximate surface area is 130 Å². The molecule has 0 aliphatic carbocycles. The Hall–Kier alpha value is -2.38. The van der Waals surface area contributed by atoms with Crippen LogP contribution in [0, 0.1) is 11.8 Å². The van der Waals surface area contributed by atoms with Crippen molar-refractivity contribution in [2.24, 2.45) is 0 Å². The number of aromatic amines is 1. The molecule has 3 rings (SSSR count). The first-order valence-corrected chi connectivity index (χ1v) is 6.89. The van der Waals surface area contributed by atoms with Crippen molar-refractivity contribution in [2.75, 3.05) is 12.3 Å². The summed E-state index contributed by atoms with van der Waals surface area (Å²) in [5.41, 5.74) is 3.34. The van der Waals surface area contributed by atoms with Crippen LogP contribution in [0.2, 0.25) is 0 Å². The third-order valence-electron chi connectivity index (χ3n) is 3.84. The Morgan fingerprint density at radius 3 is 3.00 bits per heavy atom. The summed E-state index contributed by atoms with van der Waals surface area (Å²) < 4.78 is 6.91. The fourth-order valence-electron chi connectivity index (χ4n) is 2.78. The first-order valence-electron chi connectivity index (χ1n) is 6.89. The topological polar surface area (TPSA) is 147 Å². The Morgan fingerprint density at radius 2 is 2.35 bits per heavy atom. The third-order valence-corrected chi connectivity index (χ3v) is 3.84. The Bertz CT molecular complexity index is 863. The van der Waals surface area contributed by atoms with E-state index in [1.807, 2.05) is 0 Å². The molecule has 1 saturated heterocycles. The molecule has 0 radical (unpaired) electrons. The molecule has 1 aliphatic heterocycles. The number of hydrogen-bond acceptors (Lipinski definition) is 7. The molecule has 0 saturated carbocycles. The number of nitrogens with zero attached hydrogens (tertiary/aromatic N) is 2. The van der Waals surface area contributed by atoms with Gasteiger partial charge in [0.25, 0.3) is 5.56 Å². The van der Waals surface area contributed by atoms with Crippen LogP contribution in [0.15, 0.2) is 17.1 Å². The van der Waals surface area contributed by atoms with Crippen molar-refractivity contribution in [1.82, 2.24) is 14.5 Å². The Morgan fingerprint density at radius 1 is 1.61 bits per heavy atom.